The molecule has 1 aliphatic heterocycles. The standard InChI is InChI=1S/C42H45F3N2O6/c1-40(2,3)32-18-13-29(14-19-32)28-11-7-26(8-12-28)21-35(38(49)50)46-37(48)36-23-30-15-20-34(22-31(30)24-47(36)39(51)53-41(4,5)6)52-25-27-9-16-33(17-10-27)42(43,44)45/h7-20,22,35-36H,21,23-25H2,1-6H3,(H,46,48)(H,49,50)/t35-,36-/m0/s1. The number of nitrogens with zero attached hydrogens (tertiary/aromatic N) is 1. The van der Waals surface area contributed by atoms with Gasteiger partial charge in [0, 0.05) is 12.8 Å². The van der Waals surface area contributed by atoms with Gasteiger partial charge in [-0.1, -0.05) is 87.5 Å². The van der Waals surface area contributed by atoms with Crippen molar-refractivity contribution < 1.29 is 42.1 Å². The Balaban J connectivity index is 1.29. The van der Waals surface area contributed by atoms with E-state index in [1.807, 2.05) is 24.3 Å². The number of carboxylic acids is 1. The highest BCUT2D eigenvalue weighted by atomic mass is 19.4. The molecule has 8 nitrogen and oxygen atoms in total. The van der Waals surface area contributed by atoms with E-state index in [-0.39, 0.29) is 31.4 Å². The molecule has 0 bridgehead atoms. The molecule has 0 aromatic heterocycles. The molecular weight excluding hydrogens is 685 g/mol. The number of fused-ring (bicyclic) bond motifs is 1. The summed E-state index contributed by atoms with van der Waals surface area (Å²) < 4.78 is 50.3. The van der Waals surface area contributed by atoms with Gasteiger partial charge in [0.1, 0.15) is 30.0 Å². The molecule has 2 N–H and O–H groups in total. The van der Waals surface area contributed by atoms with Gasteiger partial charge >= 0.3 is 18.2 Å². The molecular formula is C42H45F3N2O6. The highest BCUT2D eigenvalue weighted by Gasteiger charge is 2.38. The molecule has 2 atom stereocenters. The van der Waals surface area contributed by atoms with Crippen LogP contribution in [0.1, 0.15) is 74.9 Å². The van der Waals surface area contributed by atoms with Gasteiger partial charge in [0.25, 0.3) is 0 Å². The Morgan fingerprint density at radius 2 is 1.36 bits per heavy atom. The van der Waals surface area contributed by atoms with Crippen molar-refractivity contribution in [3.63, 3.8) is 0 Å². The zero-order valence-corrected chi connectivity index (χ0v) is 30.7. The molecule has 0 fully saturated rings. The Morgan fingerprint density at radius 1 is 0.792 bits per heavy atom. The smallest absolute Gasteiger partial charge is 0.416 e. The monoisotopic (exact) mass is 730 g/mol. The first kappa shape index (κ1) is 38.9. The lowest BCUT2D eigenvalue weighted by Gasteiger charge is -2.37. The number of carboxylic acid groups (broad SMARTS) is 1. The quantitative estimate of drug-likeness (QED) is 0.179. The first-order valence-corrected chi connectivity index (χ1v) is 17.4. The molecule has 11 heteroatoms. The van der Waals surface area contributed by atoms with Crippen LogP contribution in [0.4, 0.5) is 18.0 Å². The van der Waals surface area contributed by atoms with Gasteiger partial charge in [0.15, 0.2) is 0 Å². The minimum Gasteiger partial charge on any atom is -0.489 e. The van der Waals surface area contributed by atoms with E-state index in [0.717, 1.165) is 34.4 Å². The summed E-state index contributed by atoms with van der Waals surface area (Å²) in [6, 6.07) is 23.4. The summed E-state index contributed by atoms with van der Waals surface area (Å²) >= 11 is 0. The van der Waals surface area contributed by atoms with Crippen LogP contribution < -0.4 is 10.1 Å². The van der Waals surface area contributed by atoms with Crippen molar-refractivity contribution in [2.45, 2.75) is 96.8 Å². The zero-order valence-electron chi connectivity index (χ0n) is 30.7. The summed E-state index contributed by atoms with van der Waals surface area (Å²) in [5, 5.41) is 12.8. The second kappa shape index (κ2) is 15.3. The normalized spacial score (nSPS) is 15.3. The molecule has 1 aliphatic rings. The van der Waals surface area contributed by atoms with Crippen molar-refractivity contribution >= 4 is 18.0 Å². The topological polar surface area (TPSA) is 105 Å². The lowest BCUT2D eigenvalue weighted by molar-refractivity contribution is -0.142. The number of nitrogens with one attached hydrogen (secondary N) is 1. The maximum atomic E-state index is 13.8. The van der Waals surface area contributed by atoms with E-state index < -0.39 is 47.4 Å². The summed E-state index contributed by atoms with van der Waals surface area (Å²) in [5.74, 6) is -1.42. The van der Waals surface area contributed by atoms with E-state index in [0.29, 0.717) is 16.9 Å². The van der Waals surface area contributed by atoms with Gasteiger partial charge in [-0.15, -0.1) is 0 Å². The fraction of sp³-hybridized carbons (Fsp3) is 0.357. The van der Waals surface area contributed by atoms with Crippen LogP contribution in [0.3, 0.4) is 0 Å². The van der Waals surface area contributed by atoms with E-state index in [1.54, 1.807) is 39.0 Å². The van der Waals surface area contributed by atoms with Crippen LogP contribution in [0, 0.1) is 0 Å². The van der Waals surface area contributed by atoms with Gasteiger partial charge in [-0.05, 0) is 89.4 Å². The summed E-state index contributed by atoms with van der Waals surface area (Å²) in [6.45, 7) is 11.6. The number of alkyl halides is 3. The largest absolute Gasteiger partial charge is 0.489 e. The van der Waals surface area contributed by atoms with Crippen LogP contribution >= 0.6 is 0 Å². The molecule has 53 heavy (non-hydrogen) atoms. The third kappa shape index (κ3) is 10.2. The molecule has 5 rings (SSSR count). The molecule has 0 saturated carbocycles. The van der Waals surface area contributed by atoms with E-state index in [4.69, 9.17) is 9.47 Å². The molecule has 4 aromatic rings. The van der Waals surface area contributed by atoms with Crippen molar-refractivity contribution in [1.82, 2.24) is 10.2 Å². The Morgan fingerprint density at radius 3 is 1.91 bits per heavy atom. The predicted octanol–water partition coefficient (Wildman–Crippen LogP) is 8.72. The predicted molar refractivity (Wildman–Crippen MR) is 195 cm³/mol. The number of benzene rings is 4. The van der Waals surface area contributed by atoms with Crippen molar-refractivity contribution in [1.29, 1.82) is 0 Å². The van der Waals surface area contributed by atoms with E-state index in [9.17, 15) is 32.7 Å². The molecule has 0 aliphatic carbocycles. The number of amides is 2. The van der Waals surface area contributed by atoms with Crippen LogP contribution in [0.15, 0.2) is 91.0 Å². The first-order chi connectivity index (χ1) is 24.8. The highest BCUT2D eigenvalue weighted by Crippen LogP contribution is 2.32. The Kier molecular flexibility index (Phi) is 11.3. The van der Waals surface area contributed by atoms with Crippen LogP contribution in [0.2, 0.25) is 0 Å². The number of hydrogen-bond donors (Lipinski definition) is 2. The maximum Gasteiger partial charge on any atom is 0.416 e. The van der Waals surface area contributed by atoms with Gasteiger partial charge in [0.2, 0.25) is 5.91 Å². The minimum atomic E-state index is -4.44. The molecule has 0 unspecified atom stereocenters. The molecule has 280 valence electrons. The fourth-order valence-electron chi connectivity index (χ4n) is 6.05. The number of aliphatic carboxylic acids is 1. The minimum absolute atomic E-state index is 0.0155. The Hall–Kier alpha value is -5.32. The van der Waals surface area contributed by atoms with Gasteiger partial charge in [-0.3, -0.25) is 9.69 Å². The SMILES string of the molecule is CC(C)(C)OC(=O)N1Cc2cc(OCc3ccc(C(F)(F)F)cc3)ccc2C[C@H]1C(=O)N[C@@H](Cc1ccc(-c2ccc(C(C)(C)C)cc2)cc1)C(=O)O. The van der Waals surface area contributed by atoms with Crippen LogP contribution in [-0.2, 0) is 51.9 Å². The van der Waals surface area contributed by atoms with Crippen LogP contribution in [0.5, 0.6) is 5.75 Å². The summed E-state index contributed by atoms with van der Waals surface area (Å²) in [4.78, 5) is 41.0. The maximum absolute atomic E-state index is 13.8. The van der Waals surface area contributed by atoms with Gasteiger partial charge in [-0.2, -0.15) is 13.2 Å². The molecule has 2 amide bonds. The number of ether oxygens (including phenoxy) is 2. The molecule has 0 spiro atoms. The average Bonchev–Trinajstić information content (AvgIpc) is 3.08. The van der Waals surface area contributed by atoms with E-state index in [2.05, 4.69) is 50.4 Å². The van der Waals surface area contributed by atoms with Crippen LogP contribution in [-0.4, -0.2) is 45.7 Å². The summed E-state index contributed by atoms with van der Waals surface area (Å²) in [7, 11) is 0. The van der Waals surface area contributed by atoms with Gasteiger partial charge < -0.3 is 19.9 Å². The van der Waals surface area contributed by atoms with E-state index >= 15 is 0 Å². The second-order valence-electron chi connectivity index (χ2n) is 15.4. The van der Waals surface area contributed by atoms with Crippen molar-refractivity contribution in [2.24, 2.45) is 0 Å². The Bertz CT molecular complexity index is 1930. The lowest BCUT2D eigenvalue weighted by atomic mass is 9.86. The van der Waals surface area contributed by atoms with E-state index in [1.165, 1.54) is 22.6 Å². The van der Waals surface area contributed by atoms with Gasteiger partial charge in [0.05, 0.1) is 12.1 Å². The number of hydrogen-bond acceptors (Lipinski definition) is 5. The third-order valence-electron chi connectivity index (χ3n) is 9.02. The van der Waals surface area contributed by atoms with Crippen molar-refractivity contribution in [2.75, 3.05) is 0 Å². The number of rotatable bonds is 9. The molecule has 0 radical (unpaired) electrons. The van der Waals surface area contributed by atoms with Crippen molar-refractivity contribution in [3.05, 3.63) is 124 Å². The summed E-state index contributed by atoms with van der Waals surface area (Å²) in [5.41, 5.74) is 4.35. The van der Waals surface area contributed by atoms with Gasteiger partial charge in [-0.25, -0.2) is 9.59 Å². The number of carbonyl (C=O) groups is 3. The van der Waals surface area contributed by atoms with Crippen molar-refractivity contribution in [3.8, 4) is 16.9 Å². The molecule has 4 aromatic carbocycles. The Labute approximate surface area is 307 Å². The molecule has 0 saturated heterocycles. The lowest BCUT2D eigenvalue weighted by Crippen LogP contribution is -2.56. The number of halogens is 3. The van der Waals surface area contributed by atoms with Crippen LogP contribution in [0.25, 0.3) is 11.1 Å². The average molecular weight is 731 g/mol. The second-order valence-corrected chi connectivity index (χ2v) is 15.4. The fourth-order valence-corrected chi connectivity index (χ4v) is 6.05. The highest BCUT2D eigenvalue weighted by molar-refractivity contribution is 5.90. The zero-order chi connectivity index (χ0) is 38.7. The number of carbonyl (C=O) groups excluding carboxylic acids is 2. The molecule has 1 heterocycles. The first-order valence-electron chi connectivity index (χ1n) is 17.4. The summed E-state index contributed by atoms with van der Waals surface area (Å²) in [6.07, 6.45) is -5.06. The third-order valence-corrected chi connectivity index (χ3v) is 9.02.